The lowest BCUT2D eigenvalue weighted by molar-refractivity contribution is -0.903. The number of likely N-dealkylation sites (tertiary alicyclic amines) is 1. The molecule has 0 aliphatic carbocycles. The van der Waals surface area contributed by atoms with E-state index in [9.17, 15) is 17.4 Å². The normalized spacial score (nSPS) is 24.4. The van der Waals surface area contributed by atoms with Crippen LogP contribution < -0.4 is 4.90 Å². The number of hydrogen-bond acceptors (Lipinski definition) is 1. The third-order valence-corrected chi connectivity index (χ3v) is 8.23. The van der Waals surface area contributed by atoms with Gasteiger partial charge in [0.15, 0.2) is 5.41 Å². The largest absolute Gasteiger partial charge is 0.405 e. The van der Waals surface area contributed by atoms with Crippen molar-refractivity contribution < 1.29 is 22.3 Å². The van der Waals surface area contributed by atoms with Crippen LogP contribution in [0.1, 0.15) is 11.1 Å². The third kappa shape index (κ3) is 4.46. The summed E-state index contributed by atoms with van der Waals surface area (Å²) in [6.07, 6.45) is -4.66. The van der Waals surface area contributed by atoms with E-state index in [4.69, 9.17) is 23.2 Å². The van der Waals surface area contributed by atoms with E-state index in [1.807, 2.05) is 30.3 Å². The van der Waals surface area contributed by atoms with Crippen LogP contribution >= 0.6 is 23.2 Å². The maximum Gasteiger partial charge on any atom is 0.405 e. The number of benzene rings is 3. The average molecular weight is 499 g/mol. The van der Waals surface area contributed by atoms with Gasteiger partial charge in [0.1, 0.15) is 11.8 Å². The van der Waals surface area contributed by atoms with E-state index in [1.165, 1.54) is 18.2 Å². The second kappa shape index (κ2) is 9.18. The van der Waals surface area contributed by atoms with Gasteiger partial charge < -0.3 is 4.90 Å². The molecule has 0 spiro atoms. The van der Waals surface area contributed by atoms with Crippen LogP contribution in [0.3, 0.4) is 0 Å². The van der Waals surface area contributed by atoms with Crippen molar-refractivity contribution >= 4 is 34.0 Å². The molecule has 2 nitrogen and oxygen atoms in total. The molecule has 0 aromatic heterocycles. The summed E-state index contributed by atoms with van der Waals surface area (Å²) in [5.41, 5.74) is -1.47. The molecule has 4 unspecified atom stereocenters. The molecule has 4 rings (SSSR count). The maximum absolute atomic E-state index is 15.0. The van der Waals surface area contributed by atoms with Crippen molar-refractivity contribution in [1.82, 2.24) is 0 Å². The Morgan fingerprint density at radius 3 is 2.06 bits per heavy atom. The predicted octanol–water partition coefficient (Wildman–Crippen LogP) is 5.07. The Labute approximate surface area is 197 Å². The Bertz CT molecular complexity index is 1090. The fraction of sp³-hybridized carbons (Fsp3) is 0.250. The van der Waals surface area contributed by atoms with Gasteiger partial charge in [-0.15, -0.1) is 0 Å². The van der Waals surface area contributed by atoms with Crippen molar-refractivity contribution in [3.63, 3.8) is 0 Å². The van der Waals surface area contributed by atoms with Crippen LogP contribution in [0.4, 0.5) is 13.2 Å². The Kier molecular flexibility index (Phi) is 6.68. The Morgan fingerprint density at radius 1 is 0.938 bits per heavy atom. The van der Waals surface area contributed by atoms with Gasteiger partial charge in [0, 0.05) is 20.5 Å². The summed E-state index contributed by atoms with van der Waals surface area (Å²) in [5, 5.41) is -0.952. The van der Waals surface area contributed by atoms with Crippen LogP contribution in [0.5, 0.6) is 0 Å². The number of quaternary nitrogens is 1. The SMILES string of the molecule is O=S(c1ccccc1)C1C[NH+](Cc2ccccc2)CC1(c1cc(Cl)cc(Cl)c1)C(F)(F)F. The lowest BCUT2D eigenvalue weighted by atomic mass is 9.78. The van der Waals surface area contributed by atoms with Gasteiger partial charge in [-0.05, 0) is 35.9 Å². The smallest absolute Gasteiger partial charge is 0.329 e. The molecule has 1 fully saturated rings. The highest BCUT2D eigenvalue weighted by Gasteiger charge is 2.68. The molecule has 0 saturated carbocycles. The second-order valence-electron chi connectivity index (χ2n) is 8.02. The Morgan fingerprint density at radius 2 is 1.50 bits per heavy atom. The van der Waals surface area contributed by atoms with Gasteiger partial charge in [0.05, 0.1) is 23.9 Å². The number of alkyl halides is 3. The van der Waals surface area contributed by atoms with E-state index in [0.717, 1.165) is 5.56 Å². The molecule has 1 heterocycles. The van der Waals surface area contributed by atoms with Crippen molar-refractivity contribution in [2.24, 2.45) is 0 Å². The zero-order valence-electron chi connectivity index (χ0n) is 16.9. The van der Waals surface area contributed by atoms with Gasteiger partial charge in [0.2, 0.25) is 0 Å². The summed E-state index contributed by atoms with van der Waals surface area (Å²) in [4.78, 5) is 1.08. The molecule has 3 aromatic rings. The molecule has 0 radical (unpaired) electrons. The minimum absolute atomic E-state index is 0.0418. The lowest BCUT2D eigenvalue weighted by Gasteiger charge is -2.34. The van der Waals surface area contributed by atoms with E-state index < -0.39 is 27.6 Å². The average Bonchev–Trinajstić information content (AvgIpc) is 3.14. The quantitative estimate of drug-likeness (QED) is 0.521. The van der Waals surface area contributed by atoms with E-state index >= 15 is 0 Å². The summed E-state index contributed by atoms with van der Waals surface area (Å²) >= 11 is 12.2. The third-order valence-electron chi connectivity index (χ3n) is 5.97. The van der Waals surface area contributed by atoms with Crippen LogP contribution in [-0.2, 0) is 22.8 Å². The van der Waals surface area contributed by atoms with Gasteiger partial charge >= 0.3 is 6.18 Å². The first-order valence-corrected chi connectivity index (χ1v) is 12.0. The molecule has 1 aliphatic rings. The van der Waals surface area contributed by atoms with Crippen LogP contribution in [-0.4, -0.2) is 28.7 Å². The summed E-state index contributed by atoms with van der Waals surface area (Å²) in [6.45, 7) is 0.237. The van der Waals surface area contributed by atoms with Crippen LogP contribution in [0, 0.1) is 0 Å². The number of rotatable bonds is 5. The number of nitrogens with one attached hydrogen (secondary N) is 1. The highest BCUT2D eigenvalue weighted by Crippen LogP contribution is 2.48. The first kappa shape index (κ1) is 23.3. The number of hydrogen-bond donors (Lipinski definition) is 1. The molecule has 0 amide bonds. The highest BCUT2D eigenvalue weighted by molar-refractivity contribution is 7.85. The summed E-state index contributed by atoms with van der Waals surface area (Å²) in [6, 6.07) is 21.7. The molecule has 1 aliphatic heterocycles. The first-order valence-electron chi connectivity index (χ1n) is 10.1. The van der Waals surface area contributed by atoms with Gasteiger partial charge in [-0.3, -0.25) is 4.21 Å². The topological polar surface area (TPSA) is 21.5 Å². The lowest BCUT2D eigenvalue weighted by Crippen LogP contribution is -3.09. The van der Waals surface area contributed by atoms with Crippen LogP contribution in [0.15, 0.2) is 83.8 Å². The van der Waals surface area contributed by atoms with Crippen molar-refractivity contribution in [3.05, 3.63) is 100 Å². The van der Waals surface area contributed by atoms with Gasteiger partial charge in [0.25, 0.3) is 0 Å². The molecule has 32 heavy (non-hydrogen) atoms. The second-order valence-corrected chi connectivity index (χ2v) is 10.5. The Hall–Kier alpha value is -1.86. The van der Waals surface area contributed by atoms with E-state index in [1.54, 1.807) is 30.3 Å². The van der Waals surface area contributed by atoms with Crippen molar-refractivity contribution in [2.45, 2.75) is 28.3 Å². The van der Waals surface area contributed by atoms with Crippen LogP contribution in [0.2, 0.25) is 10.0 Å². The highest BCUT2D eigenvalue weighted by atomic mass is 35.5. The fourth-order valence-electron chi connectivity index (χ4n) is 4.56. The summed E-state index contributed by atoms with van der Waals surface area (Å²) in [7, 11) is -1.89. The molecule has 3 aromatic carbocycles. The van der Waals surface area contributed by atoms with Gasteiger partial charge in [-0.1, -0.05) is 71.7 Å². The molecule has 0 bridgehead atoms. The zero-order valence-corrected chi connectivity index (χ0v) is 19.2. The zero-order chi connectivity index (χ0) is 22.9. The van der Waals surface area contributed by atoms with Gasteiger partial charge in [-0.2, -0.15) is 13.2 Å². The molecular weight excluding hydrogens is 478 g/mol. The maximum atomic E-state index is 15.0. The first-order chi connectivity index (χ1) is 15.2. The van der Waals surface area contributed by atoms with Crippen molar-refractivity contribution in [3.8, 4) is 0 Å². The van der Waals surface area contributed by atoms with Crippen molar-refractivity contribution in [1.29, 1.82) is 0 Å². The summed E-state index contributed by atoms with van der Waals surface area (Å²) in [5.74, 6) is 0. The molecule has 1 saturated heterocycles. The molecule has 168 valence electrons. The van der Waals surface area contributed by atoms with E-state index in [-0.39, 0.29) is 28.7 Å². The molecule has 1 N–H and O–H groups in total. The summed E-state index contributed by atoms with van der Waals surface area (Å²) < 4.78 is 58.5. The van der Waals surface area contributed by atoms with E-state index in [0.29, 0.717) is 16.3 Å². The molecule has 8 heteroatoms. The Balaban J connectivity index is 1.85. The molecule has 4 atom stereocenters. The van der Waals surface area contributed by atoms with Crippen LogP contribution in [0.25, 0.3) is 0 Å². The molecular formula is C24H21Cl2F3NOS+. The fourth-order valence-corrected chi connectivity index (χ4v) is 6.94. The minimum Gasteiger partial charge on any atom is -0.329 e. The minimum atomic E-state index is -4.66. The monoisotopic (exact) mass is 498 g/mol. The van der Waals surface area contributed by atoms with Crippen molar-refractivity contribution in [2.75, 3.05) is 13.1 Å². The number of halogens is 5. The van der Waals surface area contributed by atoms with E-state index in [2.05, 4.69) is 0 Å². The standard InChI is InChI=1S/C24H20Cl2F3NOS/c25-19-11-18(12-20(26)13-19)23(24(27,28)29)16-30(14-17-7-3-1-4-8-17)15-22(23)32(31)21-9-5-2-6-10-21/h1-13,22H,14-16H2/p+1. The predicted molar refractivity (Wildman–Crippen MR) is 122 cm³/mol. The van der Waals surface area contributed by atoms with Gasteiger partial charge in [-0.25, -0.2) is 0 Å².